The molecule has 4 atom stereocenters. The van der Waals surface area contributed by atoms with Crippen LogP contribution in [0.3, 0.4) is 0 Å². The number of carbonyl (C=O) groups excluding carboxylic acids is 3. The van der Waals surface area contributed by atoms with Crippen LogP contribution in [0.25, 0.3) is 0 Å². The number of aliphatic carboxylic acids is 1. The van der Waals surface area contributed by atoms with Gasteiger partial charge in [0.15, 0.2) is 0 Å². The Bertz CT molecular complexity index is 772. The molecule has 0 aliphatic carbocycles. The third kappa shape index (κ3) is 7.53. The van der Waals surface area contributed by atoms with Crippen molar-refractivity contribution < 1.29 is 29.4 Å². The Kier molecular flexibility index (Phi) is 9.76. The number of carboxylic acid groups (broad SMARTS) is 1. The summed E-state index contributed by atoms with van der Waals surface area (Å²) in [5.41, 5.74) is 0.727. The van der Waals surface area contributed by atoms with Gasteiger partial charge in [-0.15, -0.1) is 0 Å². The number of benzene rings is 1. The van der Waals surface area contributed by atoms with E-state index in [1.807, 2.05) is 0 Å². The largest absolute Gasteiger partial charge is 0.480 e. The van der Waals surface area contributed by atoms with E-state index < -0.39 is 54.5 Å². The first-order valence-corrected chi connectivity index (χ1v) is 10.6. The van der Waals surface area contributed by atoms with Gasteiger partial charge in [0.05, 0.1) is 12.6 Å². The van der Waals surface area contributed by atoms with Crippen LogP contribution in [0, 0.1) is 0 Å². The van der Waals surface area contributed by atoms with Gasteiger partial charge in [0.2, 0.25) is 17.7 Å². The molecular weight excluding hydrogens is 424 g/mol. The minimum atomic E-state index is -1.25. The van der Waals surface area contributed by atoms with Crippen molar-refractivity contribution >= 4 is 36.3 Å². The van der Waals surface area contributed by atoms with E-state index in [-0.39, 0.29) is 12.2 Å². The minimum Gasteiger partial charge on any atom is -0.480 e. The molecule has 11 heteroatoms. The standard InChI is InChI=1S/C20H28N4O6S/c25-10-15(23-17(26)13-7-4-8-21-13)18(27)24-16(11-31)19(28)22-14(20(29)30)9-12-5-2-1-3-6-12/h1-3,5-6,13-16,21,25,31H,4,7-11H2,(H,22,28)(H,23,26)(H,24,27)(H,29,30). The Morgan fingerprint density at radius 1 is 1.03 bits per heavy atom. The first-order valence-electron chi connectivity index (χ1n) is 9.98. The molecule has 2 rings (SSSR count). The summed E-state index contributed by atoms with van der Waals surface area (Å²) >= 11 is 4.06. The lowest BCUT2D eigenvalue weighted by atomic mass is 10.1. The van der Waals surface area contributed by atoms with Gasteiger partial charge >= 0.3 is 5.97 Å². The zero-order valence-electron chi connectivity index (χ0n) is 16.9. The van der Waals surface area contributed by atoms with Crippen molar-refractivity contribution in [3.63, 3.8) is 0 Å². The first-order chi connectivity index (χ1) is 14.8. The fourth-order valence-electron chi connectivity index (χ4n) is 3.16. The summed E-state index contributed by atoms with van der Waals surface area (Å²) in [7, 11) is 0. The van der Waals surface area contributed by atoms with Crippen molar-refractivity contribution in [2.45, 2.75) is 43.4 Å². The zero-order chi connectivity index (χ0) is 22.8. The Hall–Kier alpha value is -2.63. The lowest BCUT2D eigenvalue weighted by Crippen LogP contribution is -2.58. The van der Waals surface area contributed by atoms with Gasteiger partial charge in [-0.25, -0.2) is 4.79 Å². The maximum atomic E-state index is 12.6. The van der Waals surface area contributed by atoms with Gasteiger partial charge in [0.1, 0.15) is 18.1 Å². The van der Waals surface area contributed by atoms with Gasteiger partial charge in [-0.1, -0.05) is 30.3 Å². The van der Waals surface area contributed by atoms with Crippen LogP contribution in [-0.4, -0.2) is 77.0 Å². The lowest BCUT2D eigenvalue weighted by Gasteiger charge is -2.23. The van der Waals surface area contributed by atoms with Crippen LogP contribution in [-0.2, 0) is 25.6 Å². The van der Waals surface area contributed by atoms with E-state index in [9.17, 15) is 29.4 Å². The molecule has 1 heterocycles. The number of carbonyl (C=O) groups is 4. The molecule has 0 bridgehead atoms. The van der Waals surface area contributed by atoms with Crippen molar-refractivity contribution in [1.29, 1.82) is 0 Å². The number of hydrogen-bond acceptors (Lipinski definition) is 7. The maximum absolute atomic E-state index is 12.6. The van der Waals surface area contributed by atoms with Crippen molar-refractivity contribution in [2.75, 3.05) is 18.9 Å². The van der Waals surface area contributed by atoms with E-state index in [4.69, 9.17) is 0 Å². The van der Waals surface area contributed by atoms with Crippen molar-refractivity contribution in [1.82, 2.24) is 21.3 Å². The molecule has 1 aromatic rings. The van der Waals surface area contributed by atoms with E-state index >= 15 is 0 Å². The first kappa shape index (κ1) is 24.6. The Morgan fingerprint density at radius 2 is 1.68 bits per heavy atom. The van der Waals surface area contributed by atoms with Crippen LogP contribution >= 0.6 is 12.6 Å². The second-order valence-electron chi connectivity index (χ2n) is 7.23. The normalized spacial score (nSPS) is 18.5. The summed E-state index contributed by atoms with van der Waals surface area (Å²) in [4.78, 5) is 48.8. The van der Waals surface area contributed by atoms with Crippen LogP contribution in [0.5, 0.6) is 0 Å². The second-order valence-corrected chi connectivity index (χ2v) is 7.59. The van der Waals surface area contributed by atoms with Crippen LogP contribution in [0.15, 0.2) is 30.3 Å². The molecule has 1 aliphatic heterocycles. The molecule has 6 N–H and O–H groups in total. The van der Waals surface area contributed by atoms with E-state index in [0.717, 1.165) is 12.0 Å². The smallest absolute Gasteiger partial charge is 0.326 e. The average molecular weight is 453 g/mol. The number of aliphatic hydroxyl groups excluding tert-OH is 1. The number of hydrogen-bond donors (Lipinski definition) is 7. The number of rotatable bonds is 11. The molecule has 0 spiro atoms. The molecule has 1 fully saturated rings. The summed E-state index contributed by atoms with van der Waals surface area (Å²) < 4.78 is 0. The molecular formula is C20H28N4O6S. The number of nitrogens with one attached hydrogen (secondary N) is 4. The highest BCUT2D eigenvalue weighted by molar-refractivity contribution is 7.80. The topological polar surface area (TPSA) is 157 Å². The number of amides is 3. The summed E-state index contributed by atoms with van der Waals surface area (Å²) in [6.45, 7) is 0.0423. The van der Waals surface area contributed by atoms with Gasteiger partial charge in [-0.3, -0.25) is 14.4 Å². The Morgan fingerprint density at radius 3 is 2.23 bits per heavy atom. The van der Waals surface area contributed by atoms with Crippen LogP contribution in [0.2, 0.25) is 0 Å². The van der Waals surface area contributed by atoms with Crippen molar-refractivity contribution in [3.8, 4) is 0 Å². The monoisotopic (exact) mass is 452 g/mol. The predicted molar refractivity (Wildman–Crippen MR) is 116 cm³/mol. The summed E-state index contributed by atoms with van der Waals surface area (Å²) in [5.74, 6) is -3.23. The quantitative estimate of drug-likeness (QED) is 0.200. The van der Waals surface area contributed by atoms with Crippen LogP contribution in [0.1, 0.15) is 18.4 Å². The molecule has 31 heavy (non-hydrogen) atoms. The summed E-state index contributed by atoms with van der Waals surface area (Å²) in [6.07, 6.45) is 1.54. The van der Waals surface area contributed by atoms with E-state index in [1.165, 1.54) is 0 Å². The summed E-state index contributed by atoms with van der Waals surface area (Å²) in [5, 5.41) is 29.2. The molecule has 0 aromatic heterocycles. The van der Waals surface area contributed by atoms with Crippen molar-refractivity contribution in [3.05, 3.63) is 35.9 Å². The fourth-order valence-corrected chi connectivity index (χ4v) is 3.42. The van der Waals surface area contributed by atoms with Gasteiger partial charge in [0.25, 0.3) is 0 Å². The number of thiol groups is 1. The predicted octanol–water partition coefficient (Wildman–Crippen LogP) is -1.56. The van der Waals surface area contributed by atoms with E-state index in [2.05, 4.69) is 33.9 Å². The second kappa shape index (κ2) is 12.3. The zero-order valence-corrected chi connectivity index (χ0v) is 17.8. The van der Waals surface area contributed by atoms with Crippen LogP contribution < -0.4 is 21.3 Å². The molecule has 1 aliphatic rings. The third-order valence-corrected chi connectivity index (χ3v) is 5.27. The highest BCUT2D eigenvalue weighted by atomic mass is 32.1. The maximum Gasteiger partial charge on any atom is 0.326 e. The SMILES string of the molecule is O=C(O)C(Cc1ccccc1)NC(=O)C(CS)NC(=O)C(CO)NC(=O)C1CCCN1. The van der Waals surface area contributed by atoms with Gasteiger partial charge < -0.3 is 31.5 Å². The minimum absolute atomic E-state index is 0.0683. The van der Waals surface area contributed by atoms with Crippen LogP contribution in [0.4, 0.5) is 0 Å². The fraction of sp³-hybridized carbons (Fsp3) is 0.500. The van der Waals surface area contributed by atoms with E-state index in [1.54, 1.807) is 30.3 Å². The molecule has 4 unspecified atom stereocenters. The highest BCUT2D eigenvalue weighted by Crippen LogP contribution is 2.06. The third-order valence-electron chi connectivity index (χ3n) is 4.91. The molecule has 10 nitrogen and oxygen atoms in total. The molecule has 0 saturated carbocycles. The Labute approximate surface area is 185 Å². The number of aliphatic hydroxyl groups is 1. The van der Waals surface area contributed by atoms with E-state index in [0.29, 0.717) is 13.0 Å². The summed E-state index contributed by atoms with van der Waals surface area (Å²) in [6, 6.07) is 4.78. The highest BCUT2D eigenvalue weighted by Gasteiger charge is 2.30. The number of carboxylic acids is 1. The molecule has 3 amide bonds. The van der Waals surface area contributed by atoms with Gasteiger partial charge in [-0.2, -0.15) is 12.6 Å². The van der Waals surface area contributed by atoms with Crippen molar-refractivity contribution in [2.24, 2.45) is 0 Å². The van der Waals surface area contributed by atoms with Gasteiger partial charge in [-0.05, 0) is 24.9 Å². The average Bonchev–Trinajstić information content (AvgIpc) is 3.30. The molecule has 170 valence electrons. The molecule has 1 aromatic carbocycles. The molecule has 1 saturated heterocycles. The Balaban J connectivity index is 1.95. The van der Waals surface area contributed by atoms with Gasteiger partial charge in [0, 0.05) is 12.2 Å². The molecule has 0 radical (unpaired) electrons. The lowest BCUT2D eigenvalue weighted by molar-refractivity contribution is -0.142.